The predicted molar refractivity (Wildman–Crippen MR) is 80.5 cm³/mol. The Morgan fingerprint density at radius 3 is 2.74 bits per heavy atom. The Morgan fingerprint density at radius 2 is 2.00 bits per heavy atom. The third kappa shape index (κ3) is 2.65. The summed E-state index contributed by atoms with van der Waals surface area (Å²) >= 11 is 3.47. The first kappa shape index (κ1) is 13.4. The van der Waals surface area contributed by atoms with Gasteiger partial charge in [0.15, 0.2) is 0 Å². The van der Waals surface area contributed by atoms with Crippen LogP contribution in [0.4, 0.5) is 10.1 Å². The number of halogens is 2. The van der Waals surface area contributed by atoms with Crippen LogP contribution in [0, 0.1) is 5.82 Å². The first-order chi connectivity index (χ1) is 9.29. The number of benzene rings is 1. The summed E-state index contributed by atoms with van der Waals surface area (Å²) < 4.78 is 14.1. The predicted octanol–water partition coefficient (Wildman–Crippen LogP) is 3.40. The molecule has 3 rings (SSSR count). The number of alkyl halides is 1. The Kier molecular flexibility index (Phi) is 4.08. The molecule has 0 amide bonds. The smallest absolute Gasteiger partial charge is 0.146 e. The minimum Gasteiger partial charge on any atom is -0.367 e. The van der Waals surface area contributed by atoms with Gasteiger partial charge in [-0.05, 0) is 44.0 Å². The van der Waals surface area contributed by atoms with Gasteiger partial charge in [-0.3, -0.25) is 4.90 Å². The summed E-state index contributed by atoms with van der Waals surface area (Å²) in [4.78, 5) is 4.81. The molecule has 0 saturated carbocycles. The molecule has 0 aromatic heterocycles. The highest BCUT2D eigenvalue weighted by Crippen LogP contribution is 2.31. The molecular formula is C15H20BrFN2. The Hall–Kier alpha value is -0.610. The van der Waals surface area contributed by atoms with Gasteiger partial charge < -0.3 is 4.90 Å². The summed E-state index contributed by atoms with van der Waals surface area (Å²) in [5, 5.41) is 0.713. The van der Waals surface area contributed by atoms with E-state index in [0.717, 1.165) is 30.8 Å². The molecule has 1 unspecified atom stereocenters. The zero-order chi connectivity index (χ0) is 13.2. The minimum atomic E-state index is -0.0842. The van der Waals surface area contributed by atoms with Gasteiger partial charge in [0.2, 0.25) is 0 Å². The zero-order valence-corrected chi connectivity index (χ0v) is 12.7. The van der Waals surface area contributed by atoms with E-state index in [2.05, 4.69) is 25.7 Å². The molecule has 0 aliphatic carbocycles. The number of hydrogen-bond acceptors (Lipinski definition) is 2. The molecule has 0 bridgehead atoms. The van der Waals surface area contributed by atoms with E-state index < -0.39 is 0 Å². The monoisotopic (exact) mass is 326 g/mol. The van der Waals surface area contributed by atoms with Gasteiger partial charge in [-0.2, -0.15) is 0 Å². The van der Waals surface area contributed by atoms with Crippen LogP contribution in [0.25, 0.3) is 0 Å². The van der Waals surface area contributed by atoms with Gasteiger partial charge in [-0.1, -0.05) is 28.1 Å². The topological polar surface area (TPSA) is 6.48 Å². The van der Waals surface area contributed by atoms with E-state index in [1.54, 1.807) is 12.1 Å². The molecular weight excluding hydrogens is 307 g/mol. The van der Waals surface area contributed by atoms with E-state index >= 15 is 0 Å². The van der Waals surface area contributed by atoms with Crippen LogP contribution in [0.3, 0.4) is 0 Å². The van der Waals surface area contributed by atoms with E-state index in [1.165, 1.54) is 25.9 Å². The highest BCUT2D eigenvalue weighted by Gasteiger charge is 2.31. The molecule has 2 heterocycles. The number of likely N-dealkylation sites (tertiary alicyclic amines) is 1. The number of hydrogen-bond donors (Lipinski definition) is 0. The van der Waals surface area contributed by atoms with Gasteiger partial charge in [-0.15, -0.1) is 0 Å². The lowest BCUT2D eigenvalue weighted by molar-refractivity contribution is 0.260. The molecule has 2 fully saturated rings. The van der Waals surface area contributed by atoms with Crippen molar-refractivity contribution in [3.05, 3.63) is 29.6 Å². The van der Waals surface area contributed by atoms with Crippen molar-refractivity contribution in [3.8, 4) is 0 Å². The normalized spacial score (nSPS) is 24.3. The number of nitrogens with zero attached hydrogens (tertiary/aromatic N) is 2. The lowest BCUT2D eigenvalue weighted by Gasteiger charge is -2.25. The second-order valence-corrected chi connectivity index (χ2v) is 6.07. The van der Waals surface area contributed by atoms with Crippen LogP contribution in [0.5, 0.6) is 0 Å². The highest BCUT2D eigenvalue weighted by molar-refractivity contribution is 9.08. The fourth-order valence-electron chi connectivity index (χ4n) is 3.37. The van der Waals surface area contributed by atoms with Gasteiger partial charge in [-0.25, -0.2) is 4.39 Å². The minimum absolute atomic E-state index is 0.0842. The average Bonchev–Trinajstić information content (AvgIpc) is 3.08. The maximum absolute atomic E-state index is 14.1. The molecule has 0 N–H and O–H groups in total. The van der Waals surface area contributed by atoms with E-state index in [9.17, 15) is 4.39 Å². The van der Waals surface area contributed by atoms with Crippen molar-refractivity contribution in [2.45, 2.75) is 30.6 Å². The molecule has 0 radical (unpaired) electrons. The van der Waals surface area contributed by atoms with Crippen molar-refractivity contribution in [1.82, 2.24) is 4.90 Å². The Bertz CT molecular complexity index is 446. The second-order valence-electron chi connectivity index (χ2n) is 5.51. The fraction of sp³-hybridized carbons (Fsp3) is 0.600. The summed E-state index contributed by atoms with van der Waals surface area (Å²) in [6.07, 6.45) is 3.81. The van der Waals surface area contributed by atoms with Crippen LogP contribution < -0.4 is 4.90 Å². The van der Waals surface area contributed by atoms with Crippen LogP contribution >= 0.6 is 15.9 Å². The first-order valence-corrected chi connectivity index (χ1v) is 8.24. The quantitative estimate of drug-likeness (QED) is 0.785. The van der Waals surface area contributed by atoms with Crippen LogP contribution in [0.2, 0.25) is 0 Å². The standard InChI is InChI=1S/C15H20BrFN2/c16-10-12-4-3-5-14(17)15(12)19-9-6-13(11-19)18-7-1-2-8-18/h3-5,13H,1-2,6-11H2. The maximum atomic E-state index is 14.1. The van der Waals surface area contributed by atoms with Crippen molar-refractivity contribution in [3.63, 3.8) is 0 Å². The van der Waals surface area contributed by atoms with Crippen LogP contribution in [-0.2, 0) is 5.33 Å². The Labute approximate surface area is 122 Å². The first-order valence-electron chi connectivity index (χ1n) is 7.12. The SMILES string of the molecule is Fc1cccc(CBr)c1N1CCC(N2CCCC2)C1. The number of anilines is 1. The van der Waals surface area contributed by atoms with Crippen molar-refractivity contribution < 1.29 is 4.39 Å². The second kappa shape index (κ2) is 5.80. The summed E-state index contributed by atoms with van der Waals surface area (Å²) in [6, 6.07) is 6.00. The Morgan fingerprint density at radius 1 is 1.21 bits per heavy atom. The molecule has 0 spiro atoms. The lowest BCUT2D eigenvalue weighted by Crippen LogP contribution is -2.35. The molecule has 2 aliphatic heterocycles. The maximum Gasteiger partial charge on any atom is 0.146 e. The van der Waals surface area contributed by atoms with Crippen LogP contribution in [-0.4, -0.2) is 37.1 Å². The highest BCUT2D eigenvalue weighted by atomic mass is 79.9. The molecule has 19 heavy (non-hydrogen) atoms. The molecule has 1 aromatic rings. The van der Waals surface area contributed by atoms with Gasteiger partial charge in [0.25, 0.3) is 0 Å². The fourth-order valence-corrected chi connectivity index (χ4v) is 3.82. The molecule has 2 saturated heterocycles. The van der Waals surface area contributed by atoms with Crippen LogP contribution in [0.1, 0.15) is 24.8 Å². The average molecular weight is 327 g/mol. The van der Waals surface area contributed by atoms with Crippen LogP contribution in [0.15, 0.2) is 18.2 Å². The van der Waals surface area contributed by atoms with Gasteiger partial charge >= 0.3 is 0 Å². The van der Waals surface area contributed by atoms with E-state index in [1.807, 2.05) is 6.07 Å². The summed E-state index contributed by atoms with van der Waals surface area (Å²) in [5.41, 5.74) is 1.86. The van der Waals surface area contributed by atoms with Gasteiger partial charge in [0.05, 0.1) is 5.69 Å². The third-order valence-electron chi connectivity index (χ3n) is 4.35. The van der Waals surface area contributed by atoms with Crippen molar-refractivity contribution in [1.29, 1.82) is 0 Å². The van der Waals surface area contributed by atoms with E-state index in [4.69, 9.17) is 0 Å². The van der Waals surface area contributed by atoms with Gasteiger partial charge in [0.1, 0.15) is 5.82 Å². The van der Waals surface area contributed by atoms with Crippen molar-refractivity contribution >= 4 is 21.6 Å². The van der Waals surface area contributed by atoms with Crippen molar-refractivity contribution in [2.24, 2.45) is 0 Å². The summed E-state index contributed by atoms with van der Waals surface area (Å²) in [6.45, 7) is 4.39. The summed E-state index contributed by atoms with van der Waals surface area (Å²) in [5.74, 6) is -0.0842. The number of rotatable bonds is 3. The van der Waals surface area contributed by atoms with E-state index in [0.29, 0.717) is 11.4 Å². The molecule has 2 nitrogen and oxygen atoms in total. The number of para-hydroxylation sites is 1. The third-order valence-corrected chi connectivity index (χ3v) is 4.96. The van der Waals surface area contributed by atoms with Crippen molar-refractivity contribution in [2.75, 3.05) is 31.1 Å². The Balaban J connectivity index is 1.77. The van der Waals surface area contributed by atoms with E-state index in [-0.39, 0.29) is 5.82 Å². The van der Waals surface area contributed by atoms with Gasteiger partial charge in [0, 0.05) is 24.5 Å². The zero-order valence-electron chi connectivity index (χ0n) is 11.1. The summed E-state index contributed by atoms with van der Waals surface area (Å²) in [7, 11) is 0. The lowest BCUT2D eigenvalue weighted by atomic mass is 10.1. The largest absolute Gasteiger partial charge is 0.367 e. The molecule has 4 heteroatoms. The molecule has 2 aliphatic rings. The molecule has 1 aromatic carbocycles. The molecule has 104 valence electrons. The molecule has 1 atom stereocenters.